The Balaban J connectivity index is 1.11. The zero-order valence-electron chi connectivity index (χ0n) is 34.6. The third kappa shape index (κ3) is 9.13. The van der Waals surface area contributed by atoms with E-state index < -0.39 is 19.3 Å². The smallest absolute Gasteiger partial charge is 0.273 e. The van der Waals surface area contributed by atoms with Crippen LogP contribution in [0.15, 0.2) is 52.6 Å². The maximum atomic E-state index is 16.5. The van der Waals surface area contributed by atoms with E-state index in [1.165, 1.54) is 17.4 Å². The quantitative estimate of drug-likeness (QED) is 0.123. The molecule has 2 saturated heterocycles. The van der Waals surface area contributed by atoms with Crippen molar-refractivity contribution in [3.05, 3.63) is 91.4 Å². The number of carbonyl (C=O) groups excluding carboxylic acids is 1. The average Bonchev–Trinajstić information content (AvgIpc) is 3.64. The number of hydrogen-bond donors (Lipinski definition) is 3. The molecule has 6 rings (SSSR count). The molecule has 1 spiro atoms. The largest absolute Gasteiger partial charge is 0.506 e. The molecular weight excluding hydrogens is 746 g/mol. The van der Waals surface area contributed by atoms with Gasteiger partial charge in [-0.15, -0.1) is 11.3 Å². The van der Waals surface area contributed by atoms with E-state index in [1.54, 1.807) is 12.1 Å². The predicted molar refractivity (Wildman–Crippen MR) is 225 cm³/mol. The standard InChI is InChI=1S/C43H60FN5O5SSi/c1-28(2)39-46-33(25-55-39)40(52)49-21-22-53-43(27-49)17-19-48(20-18-43)24-29-11-10-12-32(37(29)44)42(6,7)26-45-23-35(54-56(8,9)41(3,4)5)30-13-15-34(50)38-31(30)14-16-36(51)47-38/h10-16,25,28,35,45,50H,17-24,26-27H2,1-9H3,(H,47,51)/t35-/m0/s1. The minimum absolute atomic E-state index is 0.00853. The van der Waals surface area contributed by atoms with Crippen LogP contribution in [0.2, 0.25) is 18.1 Å². The summed E-state index contributed by atoms with van der Waals surface area (Å²) in [5, 5.41) is 17.7. The van der Waals surface area contributed by atoms with Gasteiger partial charge in [-0.25, -0.2) is 9.37 Å². The van der Waals surface area contributed by atoms with Crippen LogP contribution >= 0.6 is 11.3 Å². The molecule has 10 nitrogen and oxygen atoms in total. The first-order valence-electron chi connectivity index (χ1n) is 19.9. The number of fused-ring (bicyclic) bond motifs is 1. The molecule has 56 heavy (non-hydrogen) atoms. The number of phenols is 1. The van der Waals surface area contributed by atoms with Gasteiger partial charge in [0.2, 0.25) is 5.56 Å². The fourth-order valence-electron chi connectivity index (χ4n) is 7.62. The molecule has 3 N–H and O–H groups in total. The molecule has 4 aromatic rings. The van der Waals surface area contributed by atoms with Gasteiger partial charge in [0.1, 0.15) is 17.3 Å². The molecule has 0 saturated carbocycles. The van der Waals surface area contributed by atoms with Crippen molar-refractivity contribution in [2.24, 2.45) is 0 Å². The third-order valence-corrected chi connectivity index (χ3v) is 17.8. The highest BCUT2D eigenvalue weighted by Gasteiger charge is 2.42. The zero-order valence-corrected chi connectivity index (χ0v) is 36.4. The number of rotatable bonds is 12. The Bertz CT molecular complexity index is 2080. The number of pyridine rings is 1. The Morgan fingerprint density at radius 2 is 1.84 bits per heavy atom. The molecule has 0 bridgehead atoms. The topological polar surface area (TPSA) is 120 Å². The van der Waals surface area contributed by atoms with Gasteiger partial charge < -0.3 is 29.5 Å². The lowest BCUT2D eigenvalue weighted by Crippen LogP contribution is -2.58. The van der Waals surface area contributed by atoms with Gasteiger partial charge in [-0.3, -0.25) is 14.5 Å². The van der Waals surface area contributed by atoms with Crippen LogP contribution in [0.5, 0.6) is 5.75 Å². The van der Waals surface area contributed by atoms with Crippen molar-refractivity contribution >= 4 is 36.5 Å². The molecular formula is C43H60FN5O5SSi. The van der Waals surface area contributed by atoms with Crippen LogP contribution in [0.25, 0.3) is 10.9 Å². The van der Waals surface area contributed by atoms with Gasteiger partial charge in [-0.1, -0.05) is 72.7 Å². The second kappa shape index (κ2) is 16.4. The van der Waals surface area contributed by atoms with Crippen LogP contribution in [0.4, 0.5) is 4.39 Å². The number of phenolic OH excluding ortho intramolecular Hbond substituents is 1. The maximum Gasteiger partial charge on any atom is 0.273 e. The van der Waals surface area contributed by atoms with Crippen LogP contribution in [0, 0.1) is 5.82 Å². The van der Waals surface area contributed by atoms with E-state index >= 15 is 4.39 Å². The summed E-state index contributed by atoms with van der Waals surface area (Å²) in [4.78, 5) is 37.1. The lowest BCUT2D eigenvalue weighted by Gasteiger charge is -2.47. The average molecular weight is 806 g/mol. The predicted octanol–water partition coefficient (Wildman–Crippen LogP) is 8.09. The van der Waals surface area contributed by atoms with Gasteiger partial charge in [0.15, 0.2) is 8.32 Å². The third-order valence-electron chi connectivity index (χ3n) is 12.1. The van der Waals surface area contributed by atoms with Gasteiger partial charge in [0, 0.05) is 73.0 Å². The van der Waals surface area contributed by atoms with E-state index in [0.717, 1.165) is 41.9 Å². The second-order valence-corrected chi connectivity index (χ2v) is 23.9. The maximum absolute atomic E-state index is 16.5. The van der Waals surface area contributed by atoms with Crippen LogP contribution < -0.4 is 10.9 Å². The van der Waals surface area contributed by atoms with Crippen molar-refractivity contribution in [3.8, 4) is 5.75 Å². The number of piperidine rings is 1. The monoisotopic (exact) mass is 805 g/mol. The molecule has 2 aliphatic heterocycles. The van der Waals surface area contributed by atoms with Crippen LogP contribution in [-0.4, -0.2) is 90.6 Å². The van der Waals surface area contributed by atoms with E-state index in [1.807, 2.05) is 34.5 Å². The fraction of sp³-hybridized carbons (Fsp3) is 0.558. The first-order chi connectivity index (χ1) is 26.3. The van der Waals surface area contributed by atoms with E-state index in [4.69, 9.17) is 9.16 Å². The summed E-state index contributed by atoms with van der Waals surface area (Å²) in [5.74, 6) is 0.0836. The van der Waals surface area contributed by atoms with Gasteiger partial charge in [0.25, 0.3) is 5.91 Å². The highest BCUT2D eigenvalue weighted by molar-refractivity contribution is 7.09. The number of likely N-dealkylation sites (tertiary alicyclic amines) is 1. The molecule has 2 fully saturated rings. The molecule has 2 aromatic heterocycles. The van der Waals surface area contributed by atoms with Gasteiger partial charge in [-0.05, 0) is 54.2 Å². The van der Waals surface area contributed by atoms with Crippen LogP contribution in [-0.2, 0) is 21.1 Å². The van der Waals surface area contributed by atoms with Crippen molar-refractivity contribution < 1.29 is 23.5 Å². The van der Waals surface area contributed by atoms with Gasteiger partial charge in [-0.2, -0.15) is 0 Å². The number of hydrogen-bond acceptors (Lipinski definition) is 9. The Hall–Kier alpha value is -3.46. The van der Waals surface area contributed by atoms with Gasteiger partial charge in [0.05, 0.1) is 35.4 Å². The zero-order chi connectivity index (χ0) is 40.6. The van der Waals surface area contributed by atoms with Crippen molar-refractivity contribution in [1.82, 2.24) is 25.1 Å². The number of benzene rings is 2. The number of aromatic hydroxyl groups is 1. The summed E-state index contributed by atoms with van der Waals surface area (Å²) in [6, 6.07) is 12.4. The minimum Gasteiger partial charge on any atom is -0.506 e. The number of ether oxygens (including phenoxy) is 1. The highest BCUT2D eigenvalue weighted by atomic mass is 32.1. The molecule has 2 aromatic carbocycles. The Kier molecular flexibility index (Phi) is 12.4. The summed E-state index contributed by atoms with van der Waals surface area (Å²) >= 11 is 1.54. The Morgan fingerprint density at radius 3 is 2.52 bits per heavy atom. The SMILES string of the molecule is CC(C)c1nc(C(=O)N2CCOC3(CCN(Cc4cccc(C(C)(C)CNC[C@H](O[Si](C)(C)C(C)(C)C)c5ccc(O)c6[nH]c(=O)ccc56)c4F)CC3)C2)cs1. The van der Waals surface area contributed by atoms with Crippen molar-refractivity contribution in [3.63, 3.8) is 0 Å². The Labute approximate surface area is 336 Å². The second-order valence-electron chi connectivity index (χ2n) is 18.2. The van der Waals surface area contributed by atoms with Crippen LogP contribution in [0.3, 0.4) is 0 Å². The molecule has 304 valence electrons. The summed E-state index contributed by atoms with van der Waals surface area (Å²) < 4.78 is 29.8. The molecule has 1 amide bonds. The number of thiazole rings is 1. The summed E-state index contributed by atoms with van der Waals surface area (Å²) in [6.07, 6.45) is 1.17. The lowest BCUT2D eigenvalue weighted by molar-refractivity contribution is -0.128. The van der Waals surface area contributed by atoms with Crippen molar-refractivity contribution in [2.75, 3.05) is 45.9 Å². The van der Waals surface area contributed by atoms with E-state index in [2.05, 4.69) is 81.7 Å². The molecule has 0 aliphatic carbocycles. The van der Waals surface area contributed by atoms with Crippen molar-refractivity contribution in [2.45, 2.75) is 109 Å². The number of nitrogens with one attached hydrogen (secondary N) is 2. The normalized spacial score (nSPS) is 17.6. The van der Waals surface area contributed by atoms with E-state index in [9.17, 15) is 14.7 Å². The molecule has 13 heteroatoms. The van der Waals surface area contributed by atoms with Crippen LogP contribution in [0.1, 0.15) is 106 Å². The number of amides is 1. The van der Waals surface area contributed by atoms with E-state index in [0.29, 0.717) is 61.7 Å². The summed E-state index contributed by atoms with van der Waals surface area (Å²) in [6.45, 7) is 23.9. The first kappa shape index (κ1) is 42.2. The molecule has 0 unspecified atom stereocenters. The number of aromatic nitrogens is 2. The molecule has 4 heterocycles. The first-order valence-corrected chi connectivity index (χ1v) is 23.7. The molecule has 2 aliphatic rings. The number of halogens is 1. The number of H-pyrrole nitrogens is 1. The number of nitrogens with zero attached hydrogens (tertiary/aromatic N) is 3. The highest BCUT2D eigenvalue weighted by Crippen LogP contribution is 2.41. The fourth-order valence-corrected chi connectivity index (χ4v) is 9.70. The number of carbonyl (C=O) groups is 1. The summed E-state index contributed by atoms with van der Waals surface area (Å²) in [5.41, 5.74) is 1.87. The minimum atomic E-state index is -2.27. The molecule has 0 radical (unpaired) electrons. The summed E-state index contributed by atoms with van der Waals surface area (Å²) in [7, 11) is -2.27. The lowest BCUT2D eigenvalue weighted by atomic mass is 9.83. The Morgan fingerprint density at radius 1 is 1.11 bits per heavy atom. The van der Waals surface area contributed by atoms with E-state index in [-0.39, 0.29) is 40.1 Å². The molecule has 1 atom stereocenters. The van der Waals surface area contributed by atoms with Crippen molar-refractivity contribution in [1.29, 1.82) is 0 Å². The number of morpholine rings is 1. The number of aromatic amines is 1. The van der Waals surface area contributed by atoms with Gasteiger partial charge >= 0.3 is 0 Å².